The highest BCUT2D eigenvalue weighted by Crippen LogP contribution is 2.26. The number of carbonyl (C=O) groups is 2. The van der Waals surface area contributed by atoms with Crippen molar-refractivity contribution in [2.75, 3.05) is 18.4 Å². The topological polar surface area (TPSA) is 75.4 Å². The first kappa shape index (κ1) is 14.4. The van der Waals surface area contributed by atoms with Crippen LogP contribution in [0.3, 0.4) is 0 Å². The molecule has 0 bridgehead atoms. The van der Waals surface area contributed by atoms with Crippen LogP contribution >= 0.6 is 0 Å². The predicted molar refractivity (Wildman–Crippen MR) is 78.2 cm³/mol. The minimum absolute atomic E-state index is 0.00659. The van der Waals surface area contributed by atoms with Crippen LogP contribution in [-0.4, -0.2) is 35.8 Å². The van der Waals surface area contributed by atoms with Crippen molar-refractivity contribution in [1.29, 1.82) is 0 Å². The van der Waals surface area contributed by atoms with Crippen LogP contribution in [0.15, 0.2) is 24.3 Å². The van der Waals surface area contributed by atoms with Gasteiger partial charge in [-0.1, -0.05) is 31.5 Å². The van der Waals surface area contributed by atoms with Crippen molar-refractivity contribution in [3.63, 3.8) is 0 Å². The molecule has 0 spiro atoms. The van der Waals surface area contributed by atoms with Crippen LogP contribution in [0.5, 0.6) is 0 Å². The Kier molecular flexibility index (Phi) is 4.61. The van der Waals surface area contributed by atoms with Crippen LogP contribution < -0.4 is 11.1 Å². The molecule has 0 saturated heterocycles. The molecular formula is C15H21N3O2. The Bertz CT molecular complexity index is 477. The Hall–Kier alpha value is -2.04. The fourth-order valence-electron chi connectivity index (χ4n) is 2.47. The molecule has 1 heterocycles. The van der Waals surface area contributed by atoms with Gasteiger partial charge in [-0.25, -0.2) is 0 Å². The highest BCUT2D eigenvalue weighted by molar-refractivity contribution is 5.90. The number of rotatable bonds is 6. The summed E-state index contributed by atoms with van der Waals surface area (Å²) in [7, 11) is 0. The number of hydrogen-bond donors (Lipinski definition) is 2. The fourth-order valence-corrected chi connectivity index (χ4v) is 2.47. The van der Waals surface area contributed by atoms with Crippen molar-refractivity contribution in [2.24, 2.45) is 5.73 Å². The Labute approximate surface area is 119 Å². The Morgan fingerprint density at radius 2 is 2.15 bits per heavy atom. The number of hydrogen-bond acceptors (Lipinski definition) is 3. The summed E-state index contributed by atoms with van der Waals surface area (Å²) >= 11 is 0. The standard InChI is InChI=1S/C15H21N3O2/c1-2-3-8-18(10-14(16)19)15(20)13-9-11-6-4-5-7-12(11)17-13/h4-7,13,17H,2-3,8-10H2,1H3,(H2,16,19)/t13-/m0/s1. The molecule has 0 fully saturated rings. The van der Waals surface area contributed by atoms with E-state index in [4.69, 9.17) is 5.73 Å². The second-order valence-corrected chi connectivity index (χ2v) is 5.14. The van der Waals surface area contributed by atoms with E-state index < -0.39 is 5.91 Å². The summed E-state index contributed by atoms with van der Waals surface area (Å²) in [6, 6.07) is 7.60. The smallest absolute Gasteiger partial charge is 0.245 e. The van der Waals surface area contributed by atoms with Gasteiger partial charge in [0.1, 0.15) is 6.04 Å². The number of nitrogens with zero attached hydrogens (tertiary/aromatic N) is 1. The van der Waals surface area contributed by atoms with E-state index in [2.05, 4.69) is 12.2 Å². The number of amides is 2. The lowest BCUT2D eigenvalue weighted by Crippen LogP contribution is -2.46. The van der Waals surface area contributed by atoms with Gasteiger partial charge in [-0.3, -0.25) is 9.59 Å². The van der Waals surface area contributed by atoms with Gasteiger partial charge >= 0.3 is 0 Å². The number of primary amides is 1. The van der Waals surface area contributed by atoms with Crippen LogP contribution in [-0.2, 0) is 16.0 Å². The average Bonchev–Trinajstić information content (AvgIpc) is 2.86. The molecule has 1 aromatic rings. The second kappa shape index (κ2) is 6.41. The van der Waals surface area contributed by atoms with Crippen molar-refractivity contribution in [1.82, 2.24) is 4.90 Å². The van der Waals surface area contributed by atoms with Gasteiger partial charge < -0.3 is 16.0 Å². The van der Waals surface area contributed by atoms with Crippen LogP contribution in [0.1, 0.15) is 25.3 Å². The van der Waals surface area contributed by atoms with Gasteiger partial charge in [0.15, 0.2) is 0 Å². The number of benzene rings is 1. The molecule has 0 aromatic heterocycles. The molecule has 0 radical (unpaired) electrons. The third-order valence-electron chi connectivity index (χ3n) is 3.51. The summed E-state index contributed by atoms with van der Waals surface area (Å²) in [5, 5.41) is 3.22. The normalized spacial score (nSPS) is 16.4. The van der Waals surface area contributed by atoms with Crippen molar-refractivity contribution >= 4 is 17.5 Å². The molecule has 1 aliphatic rings. The first-order chi connectivity index (χ1) is 9.61. The van der Waals surface area contributed by atoms with Crippen molar-refractivity contribution in [3.8, 4) is 0 Å². The maximum absolute atomic E-state index is 12.5. The molecular weight excluding hydrogens is 254 g/mol. The number of carbonyl (C=O) groups excluding carboxylic acids is 2. The lowest BCUT2D eigenvalue weighted by Gasteiger charge is -2.24. The summed E-state index contributed by atoms with van der Waals surface area (Å²) in [6.45, 7) is 2.62. The zero-order valence-electron chi connectivity index (χ0n) is 11.8. The molecule has 2 rings (SSSR count). The lowest BCUT2D eigenvalue weighted by atomic mass is 10.1. The second-order valence-electron chi connectivity index (χ2n) is 5.14. The third kappa shape index (κ3) is 3.29. The third-order valence-corrected chi connectivity index (χ3v) is 3.51. The van der Waals surface area contributed by atoms with E-state index in [1.807, 2.05) is 24.3 Å². The van der Waals surface area contributed by atoms with Crippen LogP contribution in [0, 0.1) is 0 Å². The van der Waals surface area contributed by atoms with Crippen molar-refractivity contribution < 1.29 is 9.59 Å². The predicted octanol–water partition coefficient (Wildman–Crippen LogP) is 1.14. The molecule has 0 aliphatic carbocycles. The zero-order chi connectivity index (χ0) is 14.5. The zero-order valence-corrected chi connectivity index (χ0v) is 11.8. The first-order valence-electron chi connectivity index (χ1n) is 7.03. The molecule has 5 heteroatoms. The first-order valence-corrected chi connectivity index (χ1v) is 7.03. The van der Waals surface area contributed by atoms with E-state index in [0.29, 0.717) is 13.0 Å². The van der Waals surface area contributed by atoms with Crippen LogP contribution in [0.2, 0.25) is 0 Å². The van der Waals surface area contributed by atoms with Gasteiger partial charge in [-0.2, -0.15) is 0 Å². The van der Waals surface area contributed by atoms with Gasteiger partial charge in [0, 0.05) is 18.7 Å². The SMILES string of the molecule is CCCCN(CC(N)=O)C(=O)[C@@H]1Cc2ccccc2N1. The summed E-state index contributed by atoms with van der Waals surface area (Å²) < 4.78 is 0. The van der Waals surface area contributed by atoms with E-state index in [1.54, 1.807) is 4.90 Å². The number of fused-ring (bicyclic) bond motifs is 1. The Balaban J connectivity index is 2.03. The van der Waals surface area contributed by atoms with Gasteiger partial charge in [0.25, 0.3) is 0 Å². The summed E-state index contributed by atoms with van der Waals surface area (Å²) in [6.07, 6.45) is 2.51. The van der Waals surface area contributed by atoms with Crippen molar-refractivity contribution in [2.45, 2.75) is 32.2 Å². The molecule has 20 heavy (non-hydrogen) atoms. The van der Waals surface area contributed by atoms with Crippen LogP contribution in [0.4, 0.5) is 5.69 Å². The van der Waals surface area contributed by atoms with E-state index >= 15 is 0 Å². The molecule has 1 aromatic carbocycles. The molecule has 5 nitrogen and oxygen atoms in total. The van der Waals surface area contributed by atoms with E-state index in [0.717, 1.165) is 24.1 Å². The Morgan fingerprint density at radius 3 is 2.80 bits per heavy atom. The summed E-state index contributed by atoms with van der Waals surface area (Å²) in [5.41, 5.74) is 7.37. The quantitative estimate of drug-likeness (QED) is 0.817. The number of anilines is 1. The number of nitrogens with one attached hydrogen (secondary N) is 1. The van der Waals surface area contributed by atoms with E-state index in [-0.39, 0.29) is 18.5 Å². The van der Waals surface area contributed by atoms with Gasteiger partial charge in [-0.15, -0.1) is 0 Å². The molecule has 0 unspecified atom stereocenters. The number of nitrogens with two attached hydrogens (primary N) is 1. The Morgan fingerprint density at radius 1 is 1.40 bits per heavy atom. The average molecular weight is 275 g/mol. The fraction of sp³-hybridized carbons (Fsp3) is 0.467. The monoisotopic (exact) mass is 275 g/mol. The summed E-state index contributed by atoms with van der Waals surface area (Å²) in [4.78, 5) is 25.2. The maximum Gasteiger partial charge on any atom is 0.245 e. The molecule has 2 amide bonds. The molecule has 3 N–H and O–H groups in total. The van der Waals surface area contributed by atoms with Gasteiger partial charge in [0.05, 0.1) is 6.54 Å². The molecule has 0 saturated carbocycles. The highest BCUT2D eigenvalue weighted by Gasteiger charge is 2.30. The highest BCUT2D eigenvalue weighted by atomic mass is 16.2. The van der Waals surface area contributed by atoms with Gasteiger partial charge in [-0.05, 0) is 18.1 Å². The minimum Gasteiger partial charge on any atom is -0.373 e. The van der Waals surface area contributed by atoms with Crippen molar-refractivity contribution in [3.05, 3.63) is 29.8 Å². The maximum atomic E-state index is 12.5. The molecule has 1 aliphatic heterocycles. The molecule has 108 valence electrons. The largest absolute Gasteiger partial charge is 0.373 e. The number of unbranched alkanes of at least 4 members (excludes halogenated alkanes) is 1. The van der Waals surface area contributed by atoms with E-state index in [9.17, 15) is 9.59 Å². The van der Waals surface area contributed by atoms with Gasteiger partial charge in [0.2, 0.25) is 11.8 Å². The molecule has 1 atom stereocenters. The lowest BCUT2D eigenvalue weighted by molar-refractivity contribution is -0.135. The minimum atomic E-state index is -0.468. The number of para-hydroxylation sites is 1. The van der Waals surface area contributed by atoms with Crippen LogP contribution in [0.25, 0.3) is 0 Å². The van der Waals surface area contributed by atoms with E-state index in [1.165, 1.54) is 0 Å². The summed E-state index contributed by atoms with van der Waals surface area (Å²) in [5.74, 6) is -0.515.